The topological polar surface area (TPSA) is 49.3 Å². The van der Waals surface area contributed by atoms with Crippen molar-refractivity contribution in [1.29, 1.82) is 0 Å². The number of hydrogen-bond donors (Lipinski definition) is 1. The second-order valence-corrected chi connectivity index (χ2v) is 7.19. The van der Waals surface area contributed by atoms with Gasteiger partial charge in [0.2, 0.25) is 0 Å². The fourth-order valence-corrected chi connectivity index (χ4v) is 3.36. The lowest BCUT2D eigenvalue weighted by Crippen LogP contribution is -2.53. The van der Waals surface area contributed by atoms with E-state index in [0.717, 1.165) is 83.7 Å². The second kappa shape index (κ2) is 10.9. The van der Waals surface area contributed by atoms with Gasteiger partial charge in [-0.2, -0.15) is 0 Å². The summed E-state index contributed by atoms with van der Waals surface area (Å²) in [4.78, 5) is 9.36. The molecule has 2 fully saturated rings. The monoisotopic (exact) mass is 340 g/mol. The van der Waals surface area contributed by atoms with Crippen LogP contribution in [0.2, 0.25) is 0 Å². The van der Waals surface area contributed by atoms with Gasteiger partial charge in [0.25, 0.3) is 0 Å². The molecule has 2 aliphatic rings. The SMILES string of the molecule is CN=C(NCCCOC1CCOCC1)N1CCN(CC(C)C)CC1. The predicted octanol–water partition coefficient (Wildman–Crippen LogP) is 1.42. The molecule has 0 aromatic heterocycles. The summed E-state index contributed by atoms with van der Waals surface area (Å²) in [7, 11) is 1.88. The van der Waals surface area contributed by atoms with Crippen molar-refractivity contribution in [3.8, 4) is 0 Å². The van der Waals surface area contributed by atoms with Crippen LogP contribution >= 0.6 is 0 Å². The number of guanidine groups is 1. The van der Waals surface area contributed by atoms with E-state index in [1.807, 2.05) is 7.05 Å². The Bertz CT molecular complexity index is 362. The summed E-state index contributed by atoms with van der Waals surface area (Å²) >= 11 is 0. The Balaban J connectivity index is 1.57. The van der Waals surface area contributed by atoms with Gasteiger partial charge in [-0.15, -0.1) is 0 Å². The zero-order chi connectivity index (χ0) is 17.2. The molecule has 6 nitrogen and oxygen atoms in total. The molecule has 2 rings (SSSR count). The first-order valence-corrected chi connectivity index (χ1v) is 9.56. The van der Waals surface area contributed by atoms with E-state index in [0.29, 0.717) is 6.10 Å². The molecule has 2 saturated heterocycles. The molecule has 0 amide bonds. The summed E-state index contributed by atoms with van der Waals surface area (Å²) in [5.74, 6) is 1.77. The van der Waals surface area contributed by atoms with E-state index in [-0.39, 0.29) is 0 Å². The Hall–Kier alpha value is -0.850. The molecular weight excluding hydrogens is 304 g/mol. The predicted molar refractivity (Wildman–Crippen MR) is 98.6 cm³/mol. The van der Waals surface area contributed by atoms with Crippen LogP contribution in [-0.2, 0) is 9.47 Å². The van der Waals surface area contributed by atoms with Gasteiger partial charge in [0.05, 0.1) is 6.10 Å². The van der Waals surface area contributed by atoms with Crippen LogP contribution in [0.15, 0.2) is 4.99 Å². The highest BCUT2D eigenvalue weighted by Gasteiger charge is 2.19. The van der Waals surface area contributed by atoms with Gasteiger partial charge in [0, 0.05) is 66.1 Å². The molecule has 0 aromatic carbocycles. The first kappa shape index (κ1) is 19.5. The minimum Gasteiger partial charge on any atom is -0.381 e. The standard InChI is InChI=1S/C18H36N4O2/c1-16(2)15-21-8-10-22(11-9-21)18(19-3)20-7-4-12-24-17-5-13-23-14-6-17/h16-17H,4-15H2,1-3H3,(H,19,20). The van der Waals surface area contributed by atoms with Crippen LogP contribution in [-0.4, -0.2) is 88.0 Å². The molecule has 0 bridgehead atoms. The zero-order valence-electron chi connectivity index (χ0n) is 15.8. The molecule has 0 unspecified atom stereocenters. The number of hydrogen-bond acceptors (Lipinski definition) is 4. The maximum Gasteiger partial charge on any atom is 0.193 e. The molecule has 24 heavy (non-hydrogen) atoms. The average Bonchev–Trinajstić information content (AvgIpc) is 2.59. The number of nitrogens with zero attached hydrogens (tertiary/aromatic N) is 3. The zero-order valence-corrected chi connectivity index (χ0v) is 15.8. The third-order valence-electron chi connectivity index (χ3n) is 4.63. The summed E-state index contributed by atoms with van der Waals surface area (Å²) in [6, 6.07) is 0. The van der Waals surface area contributed by atoms with E-state index in [4.69, 9.17) is 9.47 Å². The Labute approximate surface area is 147 Å². The normalized spacial score (nSPS) is 21.5. The van der Waals surface area contributed by atoms with Gasteiger partial charge < -0.3 is 19.7 Å². The van der Waals surface area contributed by atoms with Crippen molar-refractivity contribution in [1.82, 2.24) is 15.1 Å². The van der Waals surface area contributed by atoms with Crippen LogP contribution in [0.25, 0.3) is 0 Å². The molecule has 0 saturated carbocycles. The molecule has 0 spiro atoms. The molecule has 0 aliphatic carbocycles. The third-order valence-corrected chi connectivity index (χ3v) is 4.63. The highest BCUT2D eigenvalue weighted by atomic mass is 16.5. The van der Waals surface area contributed by atoms with Gasteiger partial charge in [-0.25, -0.2) is 0 Å². The van der Waals surface area contributed by atoms with Crippen LogP contribution in [0.4, 0.5) is 0 Å². The van der Waals surface area contributed by atoms with E-state index in [1.54, 1.807) is 0 Å². The molecule has 2 aliphatic heterocycles. The molecule has 1 N–H and O–H groups in total. The van der Waals surface area contributed by atoms with Crippen molar-refractivity contribution < 1.29 is 9.47 Å². The van der Waals surface area contributed by atoms with Gasteiger partial charge in [-0.1, -0.05) is 13.8 Å². The molecule has 2 heterocycles. The van der Waals surface area contributed by atoms with Gasteiger partial charge in [0.15, 0.2) is 5.96 Å². The number of ether oxygens (including phenoxy) is 2. The quantitative estimate of drug-likeness (QED) is 0.431. The summed E-state index contributed by atoms with van der Waals surface area (Å²) in [6.45, 7) is 13.6. The summed E-state index contributed by atoms with van der Waals surface area (Å²) < 4.78 is 11.3. The lowest BCUT2D eigenvalue weighted by molar-refractivity contribution is -0.0320. The highest BCUT2D eigenvalue weighted by Crippen LogP contribution is 2.10. The maximum atomic E-state index is 5.91. The lowest BCUT2D eigenvalue weighted by atomic mass is 10.1. The number of nitrogens with one attached hydrogen (secondary N) is 1. The Morgan fingerprint density at radius 1 is 1.21 bits per heavy atom. The Kier molecular flexibility index (Phi) is 8.84. The van der Waals surface area contributed by atoms with E-state index >= 15 is 0 Å². The average molecular weight is 341 g/mol. The van der Waals surface area contributed by atoms with Gasteiger partial charge in [0.1, 0.15) is 0 Å². The first-order chi connectivity index (χ1) is 11.7. The van der Waals surface area contributed by atoms with Gasteiger partial charge in [-0.3, -0.25) is 9.89 Å². The van der Waals surface area contributed by atoms with E-state index in [1.165, 1.54) is 6.54 Å². The van der Waals surface area contributed by atoms with Gasteiger partial charge >= 0.3 is 0 Å². The van der Waals surface area contributed by atoms with Crippen molar-refractivity contribution in [3.63, 3.8) is 0 Å². The number of aliphatic imine (C=N–C) groups is 1. The Morgan fingerprint density at radius 3 is 2.54 bits per heavy atom. The third kappa shape index (κ3) is 6.95. The van der Waals surface area contributed by atoms with Crippen LogP contribution in [0.3, 0.4) is 0 Å². The Morgan fingerprint density at radius 2 is 1.92 bits per heavy atom. The van der Waals surface area contributed by atoms with Crippen molar-refractivity contribution in [2.45, 2.75) is 39.2 Å². The van der Waals surface area contributed by atoms with Crippen molar-refractivity contribution in [2.24, 2.45) is 10.9 Å². The van der Waals surface area contributed by atoms with Crippen molar-refractivity contribution in [2.75, 3.05) is 66.1 Å². The molecule has 140 valence electrons. The number of rotatable bonds is 7. The summed E-state index contributed by atoms with van der Waals surface area (Å²) in [6.07, 6.45) is 3.49. The van der Waals surface area contributed by atoms with E-state index in [2.05, 4.69) is 34.0 Å². The van der Waals surface area contributed by atoms with Crippen molar-refractivity contribution in [3.05, 3.63) is 0 Å². The number of piperazine rings is 1. The molecule has 0 aromatic rings. The summed E-state index contributed by atoms with van der Waals surface area (Å²) in [5.41, 5.74) is 0. The van der Waals surface area contributed by atoms with E-state index in [9.17, 15) is 0 Å². The van der Waals surface area contributed by atoms with Gasteiger partial charge in [-0.05, 0) is 25.2 Å². The van der Waals surface area contributed by atoms with Crippen LogP contribution < -0.4 is 5.32 Å². The van der Waals surface area contributed by atoms with Crippen LogP contribution in [0, 0.1) is 5.92 Å². The van der Waals surface area contributed by atoms with E-state index < -0.39 is 0 Å². The molecule has 6 heteroatoms. The maximum absolute atomic E-state index is 5.91. The summed E-state index contributed by atoms with van der Waals surface area (Å²) in [5, 5.41) is 3.49. The first-order valence-electron chi connectivity index (χ1n) is 9.56. The minimum absolute atomic E-state index is 0.395. The molecular formula is C18H36N4O2. The molecule has 0 radical (unpaired) electrons. The largest absolute Gasteiger partial charge is 0.381 e. The van der Waals surface area contributed by atoms with Crippen LogP contribution in [0.5, 0.6) is 0 Å². The lowest BCUT2D eigenvalue weighted by Gasteiger charge is -2.37. The van der Waals surface area contributed by atoms with Crippen molar-refractivity contribution >= 4 is 5.96 Å². The van der Waals surface area contributed by atoms with Crippen LogP contribution in [0.1, 0.15) is 33.1 Å². The minimum atomic E-state index is 0.395. The smallest absolute Gasteiger partial charge is 0.193 e. The fourth-order valence-electron chi connectivity index (χ4n) is 3.36. The highest BCUT2D eigenvalue weighted by molar-refractivity contribution is 5.79. The molecule has 0 atom stereocenters. The second-order valence-electron chi connectivity index (χ2n) is 7.19. The fraction of sp³-hybridized carbons (Fsp3) is 0.944.